The molecule has 4 rings (SSSR count). The molecule has 3 fully saturated rings. The number of nitrogen functional groups attached to an aromatic ring is 1. The van der Waals surface area contributed by atoms with Crippen LogP contribution < -0.4 is 11.1 Å². The second kappa shape index (κ2) is 4.45. The number of hydrogen-bond acceptors (Lipinski definition) is 4. The van der Waals surface area contributed by atoms with Gasteiger partial charge in [0.2, 0.25) is 0 Å². The SMILES string of the molecule is Cc1nc(N)sc1C(=O)NC1CC2CC1C1CCCC21. The van der Waals surface area contributed by atoms with Crippen molar-refractivity contribution < 1.29 is 4.79 Å². The minimum Gasteiger partial charge on any atom is -0.375 e. The van der Waals surface area contributed by atoms with E-state index < -0.39 is 0 Å². The number of hydrogen-bond donors (Lipinski definition) is 2. The predicted octanol–water partition coefficient (Wildman–Crippen LogP) is 2.59. The molecule has 3 saturated carbocycles. The van der Waals surface area contributed by atoms with Gasteiger partial charge < -0.3 is 11.1 Å². The highest BCUT2D eigenvalue weighted by Gasteiger charge is 2.54. The molecule has 108 valence electrons. The molecule has 20 heavy (non-hydrogen) atoms. The van der Waals surface area contributed by atoms with Gasteiger partial charge in [0.25, 0.3) is 5.91 Å². The van der Waals surface area contributed by atoms with Gasteiger partial charge in [0, 0.05) is 6.04 Å². The molecule has 1 heterocycles. The van der Waals surface area contributed by atoms with Crippen molar-refractivity contribution in [1.82, 2.24) is 10.3 Å². The topological polar surface area (TPSA) is 68.0 Å². The zero-order valence-corrected chi connectivity index (χ0v) is 12.6. The average Bonchev–Trinajstić information content (AvgIpc) is 3.09. The van der Waals surface area contributed by atoms with Gasteiger partial charge >= 0.3 is 0 Å². The zero-order valence-electron chi connectivity index (χ0n) is 11.8. The summed E-state index contributed by atoms with van der Waals surface area (Å²) in [5, 5.41) is 3.75. The number of nitrogens with zero attached hydrogens (tertiary/aromatic N) is 1. The van der Waals surface area contributed by atoms with Crippen LogP contribution >= 0.6 is 11.3 Å². The fraction of sp³-hybridized carbons (Fsp3) is 0.733. The fourth-order valence-corrected chi connectivity index (χ4v) is 5.83. The number of thiazole rings is 1. The quantitative estimate of drug-likeness (QED) is 0.880. The second-order valence-electron chi connectivity index (χ2n) is 6.70. The number of amides is 1. The molecule has 5 atom stereocenters. The zero-order chi connectivity index (χ0) is 13.9. The van der Waals surface area contributed by atoms with E-state index in [1.165, 1.54) is 43.4 Å². The first-order chi connectivity index (χ1) is 9.63. The van der Waals surface area contributed by atoms with Crippen molar-refractivity contribution in [1.29, 1.82) is 0 Å². The summed E-state index contributed by atoms with van der Waals surface area (Å²) >= 11 is 1.30. The molecular weight excluding hydrogens is 270 g/mol. The van der Waals surface area contributed by atoms with Gasteiger partial charge in [0.15, 0.2) is 5.13 Å². The van der Waals surface area contributed by atoms with Gasteiger partial charge in [-0.2, -0.15) is 0 Å². The summed E-state index contributed by atoms with van der Waals surface area (Å²) < 4.78 is 0. The van der Waals surface area contributed by atoms with Gasteiger partial charge in [-0.25, -0.2) is 4.98 Å². The third-order valence-corrected chi connectivity index (χ3v) is 6.75. The van der Waals surface area contributed by atoms with Crippen LogP contribution in [-0.4, -0.2) is 16.9 Å². The van der Waals surface area contributed by atoms with Crippen molar-refractivity contribution in [3.05, 3.63) is 10.6 Å². The summed E-state index contributed by atoms with van der Waals surface area (Å²) in [6.07, 6.45) is 6.73. The molecule has 0 saturated heterocycles. The number of nitrogens with two attached hydrogens (primary N) is 1. The van der Waals surface area contributed by atoms with Crippen molar-refractivity contribution in [3.8, 4) is 0 Å². The van der Waals surface area contributed by atoms with Crippen molar-refractivity contribution in [2.24, 2.45) is 23.7 Å². The molecule has 0 aliphatic heterocycles. The van der Waals surface area contributed by atoms with Gasteiger partial charge in [0.1, 0.15) is 4.88 Å². The number of carbonyl (C=O) groups excluding carboxylic acids is 1. The highest BCUT2D eigenvalue weighted by Crippen LogP contribution is 2.58. The molecule has 0 radical (unpaired) electrons. The summed E-state index contributed by atoms with van der Waals surface area (Å²) in [6.45, 7) is 1.86. The van der Waals surface area contributed by atoms with Crippen LogP contribution in [0.15, 0.2) is 0 Å². The molecular formula is C15H21N3OS. The van der Waals surface area contributed by atoms with Crippen LogP contribution in [0.1, 0.15) is 47.5 Å². The summed E-state index contributed by atoms with van der Waals surface area (Å²) in [6, 6.07) is 0.384. The Hall–Kier alpha value is -1.10. The monoisotopic (exact) mass is 291 g/mol. The van der Waals surface area contributed by atoms with Gasteiger partial charge in [0.05, 0.1) is 5.69 Å². The van der Waals surface area contributed by atoms with Gasteiger partial charge in [-0.05, 0) is 56.3 Å². The maximum absolute atomic E-state index is 12.4. The lowest BCUT2D eigenvalue weighted by Crippen LogP contribution is -2.42. The van der Waals surface area contributed by atoms with E-state index in [0.29, 0.717) is 16.1 Å². The van der Waals surface area contributed by atoms with E-state index in [1.807, 2.05) is 6.92 Å². The minimum absolute atomic E-state index is 0.0313. The Morgan fingerprint density at radius 3 is 2.85 bits per heavy atom. The molecule has 0 aromatic carbocycles. The van der Waals surface area contributed by atoms with Crippen LogP contribution in [0.4, 0.5) is 5.13 Å². The highest BCUT2D eigenvalue weighted by atomic mass is 32.1. The molecule has 5 unspecified atom stereocenters. The molecule has 3 N–H and O–H groups in total. The normalized spacial score (nSPS) is 38.1. The lowest BCUT2D eigenvalue weighted by molar-refractivity contribution is 0.0904. The van der Waals surface area contributed by atoms with Crippen LogP contribution in [0.3, 0.4) is 0 Å². The Morgan fingerprint density at radius 1 is 1.30 bits per heavy atom. The maximum atomic E-state index is 12.4. The van der Waals surface area contributed by atoms with Crippen LogP contribution in [0.2, 0.25) is 0 Å². The van der Waals surface area contributed by atoms with E-state index >= 15 is 0 Å². The van der Waals surface area contributed by atoms with Crippen molar-refractivity contribution in [2.45, 2.75) is 45.1 Å². The number of aromatic nitrogens is 1. The molecule has 1 amide bonds. The van der Waals surface area contributed by atoms with Gasteiger partial charge in [-0.15, -0.1) is 0 Å². The van der Waals surface area contributed by atoms with Crippen LogP contribution in [0.25, 0.3) is 0 Å². The number of aryl methyl sites for hydroxylation is 1. The average molecular weight is 291 g/mol. The molecule has 1 aromatic heterocycles. The Morgan fingerprint density at radius 2 is 2.10 bits per heavy atom. The Kier molecular flexibility index (Phi) is 2.81. The van der Waals surface area contributed by atoms with E-state index in [4.69, 9.17) is 5.73 Å². The largest absolute Gasteiger partial charge is 0.375 e. The highest BCUT2D eigenvalue weighted by molar-refractivity contribution is 7.17. The van der Waals surface area contributed by atoms with E-state index in [-0.39, 0.29) is 5.91 Å². The third kappa shape index (κ3) is 1.79. The Bertz CT molecular complexity index is 555. The van der Waals surface area contributed by atoms with Crippen molar-refractivity contribution in [3.63, 3.8) is 0 Å². The van der Waals surface area contributed by atoms with Crippen molar-refractivity contribution >= 4 is 22.4 Å². The molecule has 1 aromatic rings. The van der Waals surface area contributed by atoms with Crippen LogP contribution in [0.5, 0.6) is 0 Å². The van der Waals surface area contributed by atoms with E-state index in [1.54, 1.807) is 0 Å². The lowest BCUT2D eigenvalue weighted by atomic mass is 9.79. The van der Waals surface area contributed by atoms with Crippen LogP contribution in [0, 0.1) is 30.6 Å². The minimum atomic E-state index is 0.0313. The Labute approximate surface area is 123 Å². The Balaban J connectivity index is 1.48. The standard InChI is InChI=1S/C15H21N3OS/c1-7-13(20-15(16)17-7)14(19)18-12-6-8-5-11(12)10-4-2-3-9(8)10/h8-12H,2-6H2,1H3,(H2,16,17)(H,18,19). The van der Waals surface area contributed by atoms with E-state index in [0.717, 1.165) is 29.4 Å². The number of fused-ring (bicyclic) bond motifs is 5. The second-order valence-corrected chi connectivity index (χ2v) is 7.73. The van der Waals surface area contributed by atoms with Crippen molar-refractivity contribution in [2.75, 3.05) is 5.73 Å². The summed E-state index contributed by atoms with van der Waals surface area (Å²) in [7, 11) is 0. The molecule has 5 heteroatoms. The maximum Gasteiger partial charge on any atom is 0.263 e. The van der Waals surface area contributed by atoms with Crippen LogP contribution in [-0.2, 0) is 0 Å². The molecule has 0 spiro atoms. The van der Waals surface area contributed by atoms with E-state index in [2.05, 4.69) is 10.3 Å². The lowest BCUT2D eigenvalue weighted by Gasteiger charge is -2.32. The first-order valence-electron chi connectivity index (χ1n) is 7.67. The third-order valence-electron chi connectivity index (χ3n) is 5.76. The first kappa shape index (κ1) is 12.6. The van der Waals surface area contributed by atoms with E-state index in [9.17, 15) is 4.79 Å². The number of rotatable bonds is 2. The summed E-state index contributed by atoms with van der Waals surface area (Å²) in [4.78, 5) is 17.2. The van der Waals surface area contributed by atoms with Gasteiger partial charge in [-0.1, -0.05) is 17.8 Å². The molecule has 4 nitrogen and oxygen atoms in total. The fourth-order valence-electron chi connectivity index (χ4n) is 5.10. The number of nitrogens with one attached hydrogen (secondary N) is 1. The smallest absolute Gasteiger partial charge is 0.263 e. The summed E-state index contributed by atoms with van der Waals surface area (Å²) in [5.41, 5.74) is 6.44. The molecule has 2 bridgehead atoms. The predicted molar refractivity (Wildman–Crippen MR) is 79.6 cm³/mol. The number of carbonyl (C=O) groups is 1. The van der Waals surface area contributed by atoms with Gasteiger partial charge in [-0.3, -0.25) is 4.79 Å². The summed E-state index contributed by atoms with van der Waals surface area (Å²) in [5.74, 6) is 3.47. The molecule has 3 aliphatic rings. The molecule has 3 aliphatic carbocycles. The first-order valence-corrected chi connectivity index (χ1v) is 8.49. The number of anilines is 1.